The van der Waals surface area contributed by atoms with Gasteiger partial charge in [-0.05, 0) is 19.3 Å². The molecule has 1 fully saturated rings. The fourth-order valence-electron chi connectivity index (χ4n) is 1.28. The van der Waals surface area contributed by atoms with Crippen molar-refractivity contribution in [1.29, 1.82) is 0 Å². The summed E-state index contributed by atoms with van der Waals surface area (Å²) in [5, 5.41) is 0. The largest absolute Gasteiger partial charge is 0.355 e. The number of rotatable bonds is 2. The number of nitrogens with zero attached hydrogens (tertiary/aromatic N) is 3. The average molecular weight is 169 g/mol. The van der Waals surface area contributed by atoms with Gasteiger partial charge in [-0.2, -0.15) is 8.75 Å². The molecule has 0 aliphatic heterocycles. The third-order valence-corrected chi connectivity index (χ3v) is 2.80. The molecule has 0 aromatic carbocycles. The summed E-state index contributed by atoms with van der Waals surface area (Å²) in [6, 6.07) is 0.721. The summed E-state index contributed by atoms with van der Waals surface area (Å²) in [5.74, 6) is 1.03. The minimum atomic E-state index is 0.721. The number of hydrogen-bond donors (Lipinski definition) is 0. The predicted octanol–water partition coefficient (Wildman–Crippen LogP) is 1.53. The molecule has 60 valence electrons. The Morgan fingerprint density at radius 3 is 2.91 bits per heavy atom. The molecule has 0 amide bonds. The topological polar surface area (TPSA) is 29.0 Å². The molecule has 3 nitrogen and oxygen atoms in total. The van der Waals surface area contributed by atoms with Crippen molar-refractivity contribution in [3.05, 3.63) is 6.20 Å². The zero-order valence-corrected chi connectivity index (χ0v) is 7.34. The van der Waals surface area contributed by atoms with Crippen molar-refractivity contribution in [3.63, 3.8) is 0 Å². The summed E-state index contributed by atoms with van der Waals surface area (Å²) in [7, 11) is 2.10. The van der Waals surface area contributed by atoms with Crippen LogP contribution in [0.25, 0.3) is 0 Å². The van der Waals surface area contributed by atoms with E-state index in [9.17, 15) is 0 Å². The second kappa shape index (κ2) is 2.77. The smallest absolute Gasteiger partial charge is 0.162 e. The van der Waals surface area contributed by atoms with Gasteiger partial charge in [0.15, 0.2) is 5.82 Å². The Hall–Kier alpha value is -0.640. The van der Waals surface area contributed by atoms with E-state index in [0.29, 0.717) is 0 Å². The molecule has 1 aromatic heterocycles. The molecule has 11 heavy (non-hydrogen) atoms. The summed E-state index contributed by atoms with van der Waals surface area (Å²) in [4.78, 5) is 2.23. The Morgan fingerprint density at radius 2 is 2.45 bits per heavy atom. The molecule has 4 heteroatoms. The van der Waals surface area contributed by atoms with Crippen LogP contribution in [0.3, 0.4) is 0 Å². The molecule has 0 radical (unpaired) electrons. The van der Waals surface area contributed by atoms with Crippen LogP contribution in [0.1, 0.15) is 19.3 Å². The van der Waals surface area contributed by atoms with E-state index in [1.165, 1.54) is 31.0 Å². The van der Waals surface area contributed by atoms with Crippen LogP contribution in [0.4, 0.5) is 5.82 Å². The molecule has 0 spiro atoms. The van der Waals surface area contributed by atoms with E-state index in [2.05, 4.69) is 20.7 Å². The van der Waals surface area contributed by atoms with E-state index < -0.39 is 0 Å². The normalized spacial score (nSPS) is 17.9. The van der Waals surface area contributed by atoms with Crippen molar-refractivity contribution >= 4 is 17.5 Å². The molecule has 1 heterocycles. The highest BCUT2D eigenvalue weighted by molar-refractivity contribution is 6.99. The van der Waals surface area contributed by atoms with Crippen LogP contribution < -0.4 is 4.90 Å². The molecule has 0 N–H and O–H groups in total. The molecule has 1 aromatic rings. The third-order valence-electron chi connectivity index (χ3n) is 2.33. The lowest BCUT2D eigenvalue weighted by atomic mass is 9.92. The quantitative estimate of drug-likeness (QED) is 0.672. The van der Waals surface area contributed by atoms with Gasteiger partial charge >= 0.3 is 0 Å². The average Bonchev–Trinajstić information content (AvgIpc) is 2.32. The first kappa shape index (κ1) is 7.03. The fourth-order valence-corrected chi connectivity index (χ4v) is 1.72. The van der Waals surface area contributed by atoms with Gasteiger partial charge in [0.25, 0.3) is 0 Å². The first-order valence-corrected chi connectivity index (χ1v) is 4.61. The molecule has 1 saturated carbocycles. The maximum Gasteiger partial charge on any atom is 0.162 e. The lowest BCUT2D eigenvalue weighted by molar-refractivity contribution is 0.400. The maximum absolute atomic E-state index is 4.18. The minimum Gasteiger partial charge on any atom is -0.355 e. The Morgan fingerprint density at radius 1 is 1.64 bits per heavy atom. The summed E-state index contributed by atoms with van der Waals surface area (Å²) in [5.41, 5.74) is 0. The van der Waals surface area contributed by atoms with Gasteiger partial charge in [-0.3, -0.25) is 0 Å². The molecule has 2 rings (SSSR count). The van der Waals surface area contributed by atoms with Gasteiger partial charge in [0.2, 0.25) is 0 Å². The molecule has 0 atom stereocenters. The third kappa shape index (κ3) is 1.22. The van der Waals surface area contributed by atoms with Gasteiger partial charge < -0.3 is 4.90 Å². The zero-order valence-electron chi connectivity index (χ0n) is 6.53. The van der Waals surface area contributed by atoms with Gasteiger partial charge in [0.1, 0.15) is 0 Å². The Balaban J connectivity index is 2.04. The number of anilines is 1. The second-order valence-electron chi connectivity index (χ2n) is 2.96. The summed E-state index contributed by atoms with van der Waals surface area (Å²) < 4.78 is 8.15. The van der Waals surface area contributed by atoms with Crippen molar-refractivity contribution in [2.24, 2.45) is 0 Å². The molecular formula is C7H11N3S. The Kier molecular flexibility index (Phi) is 1.77. The second-order valence-corrected chi connectivity index (χ2v) is 3.52. The van der Waals surface area contributed by atoms with Crippen LogP contribution >= 0.6 is 11.7 Å². The fraction of sp³-hybridized carbons (Fsp3) is 0.714. The van der Waals surface area contributed by atoms with Crippen LogP contribution in [0, 0.1) is 0 Å². The molecule has 1 aliphatic rings. The highest BCUT2D eigenvalue weighted by atomic mass is 32.1. The first-order chi connectivity index (χ1) is 5.38. The Bertz CT molecular complexity index is 218. The first-order valence-electron chi connectivity index (χ1n) is 3.88. The lowest BCUT2D eigenvalue weighted by Crippen LogP contribution is -2.37. The standard InChI is InChI=1S/C7H11N3S/c1-10(6-3-2-4-6)7-5-8-11-9-7/h5-6H,2-4H2,1H3. The predicted molar refractivity (Wildman–Crippen MR) is 46.0 cm³/mol. The number of hydrogen-bond acceptors (Lipinski definition) is 4. The zero-order chi connectivity index (χ0) is 7.68. The van der Waals surface area contributed by atoms with E-state index in [1.807, 2.05) is 6.20 Å². The van der Waals surface area contributed by atoms with Gasteiger partial charge in [-0.1, -0.05) is 0 Å². The van der Waals surface area contributed by atoms with Crippen LogP contribution in [0.15, 0.2) is 6.20 Å². The van der Waals surface area contributed by atoms with E-state index >= 15 is 0 Å². The molecular weight excluding hydrogens is 158 g/mol. The van der Waals surface area contributed by atoms with Crippen molar-refractivity contribution in [3.8, 4) is 0 Å². The molecule has 0 bridgehead atoms. The summed E-state index contributed by atoms with van der Waals surface area (Å²) in [6.45, 7) is 0. The molecule has 0 saturated heterocycles. The minimum absolute atomic E-state index is 0.721. The van der Waals surface area contributed by atoms with E-state index in [1.54, 1.807) is 0 Å². The van der Waals surface area contributed by atoms with Crippen molar-refractivity contribution in [2.45, 2.75) is 25.3 Å². The van der Waals surface area contributed by atoms with Gasteiger partial charge in [-0.15, -0.1) is 0 Å². The van der Waals surface area contributed by atoms with Crippen LogP contribution in [0.2, 0.25) is 0 Å². The van der Waals surface area contributed by atoms with Gasteiger partial charge in [0, 0.05) is 13.1 Å². The molecule has 1 aliphatic carbocycles. The molecule has 0 unspecified atom stereocenters. The number of aromatic nitrogens is 2. The van der Waals surface area contributed by atoms with Crippen LogP contribution in [0.5, 0.6) is 0 Å². The highest BCUT2D eigenvalue weighted by Gasteiger charge is 2.23. The maximum atomic E-state index is 4.18. The van der Waals surface area contributed by atoms with Crippen molar-refractivity contribution < 1.29 is 0 Å². The van der Waals surface area contributed by atoms with Gasteiger partial charge in [0.05, 0.1) is 17.9 Å². The van der Waals surface area contributed by atoms with Crippen molar-refractivity contribution in [2.75, 3.05) is 11.9 Å². The van der Waals surface area contributed by atoms with E-state index in [4.69, 9.17) is 0 Å². The van der Waals surface area contributed by atoms with E-state index in [-0.39, 0.29) is 0 Å². The SMILES string of the molecule is CN(c1cnsn1)C1CCC1. The Labute approximate surface area is 70.4 Å². The highest BCUT2D eigenvalue weighted by Crippen LogP contribution is 2.26. The van der Waals surface area contributed by atoms with Crippen molar-refractivity contribution in [1.82, 2.24) is 8.75 Å². The summed E-state index contributed by atoms with van der Waals surface area (Å²) >= 11 is 1.28. The van der Waals surface area contributed by atoms with Crippen LogP contribution in [-0.2, 0) is 0 Å². The van der Waals surface area contributed by atoms with Gasteiger partial charge in [-0.25, -0.2) is 0 Å². The summed E-state index contributed by atoms with van der Waals surface area (Å²) in [6.07, 6.45) is 5.83. The lowest BCUT2D eigenvalue weighted by Gasteiger charge is -2.34. The van der Waals surface area contributed by atoms with Crippen LogP contribution in [-0.4, -0.2) is 21.8 Å². The monoisotopic (exact) mass is 169 g/mol. The van der Waals surface area contributed by atoms with E-state index in [0.717, 1.165) is 11.9 Å².